The first-order valence-electron chi connectivity index (χ1n) is 8.08. The minimum Gasteiger partial charge on any atom is -0.361 e. The fraction of sp³-hybridized carbons (Fsp3) is 0.556. The Balaban J connectivity index is 1.47. The molecule has 1 saturated carbocycles. The monoisotopic (exact) mass is 270 g/mol. The molecule has 1 aromatic heterocycles. The summed E-state index contributed by atoms with van der Waals surface area (Å²) in [6, 6.07) is 8.68. The second kappa shape index (κ2) is 6.45. The van der Waals surface area contributed by atoms with Crippen molar-refractivity contribution in [1.82, 2.24) is 10.3 Å². The SMILES string of the molecule is CC1CCCC(CCNCc2cccc3[nH]ccc23)C1. The lowest BCUT2D eigenvalue weighted by atomic mass is 9.81. The van der Waals surface area contributed by atoms with Crippen molar-refractivity contribution in [3.8, 4) is 0 Å². The van der Waals surface area contributed by atoms with Gasteiger partial charge in [0.15, 0.2) is 0 Å². The Bertz CT molecular complexity index is 543. The second-order valence-electron chi connectivity index (χ2n) is 6.46. The van der Waals surface area contributed by atoms with Crippen LogP contribution in [0.2, 0.25) is 0 Å². The van der Waals surface area contributed by atoms with E-state index in [-0.39, 0.29) is 0 Å². The molecule has 1 fully saturated rings. The largest absolute Gasteiger partial charge is 0.361 e. The normalized spacial score (nSPS) is 23.2. The van der Waals surface area contributed by atoms with Crippen LogP contribution in [0.15, 0.2) is 30.5 Å². The summed E-state index contributed by atoms with van der Waals surface area (Å²) in [6.45, 7) is 4.54. The molecular formula is C18H26N2. The lowest BCUT2D eigenvalue weighted by molar-refractivity contribution is 0.267. The highest BCUT2D eigenvalue weighted by atomic mass is 14.8. The van der Waals surface area contributed by atoms with Gasteiger partial charge in [-0.15, -0.1) is 0 Å². The molecule has 0 radical (unpaired) electrons. The third-order valence-corrected chi connectivity index (χ3v) is 4.78. The van der Waals surface area contributed by atoms with Crippen molar-refractivity contribution in [1.29, 1.82) is 0 Å². The van der Waals surface area contributed by atoms with Crippen molar-refractivity contribution < 1.29 is 0 Å². The number of nitrogens with one attached hydrogen (secondary N) is 2. The molecule has 1 aliphatic carbocycles. The van der Waals surface area contributed by atoms with Gasteiger partial charge in [-0.25, -0.2) is 0 Å². The highest BCUT2D eigenvalue weighted by Crippen LogP contribution is 2.30. The van der Waals surface area contributed by atoms with Gasteiger partial charge in [-0.05, 0) is 48.9 Å². The Morgan fingerprint density at radius 3 is 3.10 bits per heavy atom. The Labute approximate surface area is 122 Å². The van der Waals surface area contributed by atoms with Crippen LogP contribution in [-0.4, -0.2) is 11.5 Å². The minimum atomic E-state index is 0.947. The van der Waals surface area contributed by atoms with E-state index in [1.54, 1.807) is 0 Å². The molecule has 2 unspecified atom stereocenters. The van der Waals surface area contributed by atoms with E-state index in [4.69, 9.17) is 0 Å². The Morgan fingerprint density at radius 1 is 1.25 bits per heavy atom. The highest BCUT2D eigenvalue weighted by Gasteiger charge is 2.18. The maximum Gasteiger partial charge on any atom is 0.0457 e. The molecule has 0 bridgehead atoms. The zero-order valence-electron chi connectivity index (χ0n) is 12.5. The third kappa shape index (κ3) is 3.24. The number of rotatable bonds is 5. The van der Waals surface area contributed by atoms with Gasteiger partial charge in [0.05, 0.1) is 0 Å². The number of fused-ring (bicyclic) bond motifs is 1. The number of benzene rings is 1. The predicted octanol–water partition coefficient (Wildman–Crippen LogP) is 4.47. The van der Waals surface area contributed by atoms with Gasteiger partial charge in [0.1, 0.15) is 0 Å². The van der Waals surface area contributed by atoms with Crippen LogP contribution in [0.3, 0.4) is 0 Å². The topological polar surface area (TPSA) is 27.8 Å². The van der Waals surface area contributed by atoms with E-state index >= 15 is 0 Å². The number of aromatic amines is 1. The summed E-state index contributed by atoms with van der Waals surface area (Å²) >= 11 is 0. The molecule has 2 atom stereocenters. The van der Waals surface area contributed by atoms with Gasteiger partial charge in [-0.3, -0.25) is 0 Å². The molecule has 0 amide bonds. The van der Waals surface area contributed by atoms with Gasteiger partial charge < -0.3 is 10.3 Å². The van der Waals surface area contributed by atoms with Crippen molar-refractivity contribution >= 4 is 10.9 Å². The average Bonchev–Trinajstić information content (AvgIpc) is 2.93. The Morgan fingerprint density at radius 2 is 2.20 bits per heavy atom. The standard InChI is InChI=1S/C18H26N2/c1-14-4-2-5-15(12-14)8-10-19-13-16-6-3-7-18-17(16)9-11-20-18/h3,6-7,9,11,14-15,19-20H,2,4-5,8,10,12-13H2,1H3. The maximum atomic E-state index is 3.63. The summed E-state index contributed by atoms with van der Waals surface area (Å²) in [6.07, 6.45) is 9.13. The molecule has 1 aliphatic rings. The molecule has 1 heterocycles. The molecule has 108 valence electrons. The van der Waals surface area contributed by atoms with Crippen LogP contribution in [0.5, 0.6) is 0 Å². The number of hydrogen-bond donors (Lipinski definition) is 2. The lowest BCUT2D eigenvalue weighted by Crippen LogP contribution is -2.21. The maximum absolute atomic E-state index is 3.63. The molecule has 0 spiro atoms. The van der Waals surface area contributed by atoms with E-state index < -0.39 is 0 Å². The number of aromatic nitrogens is 1. The van der Waals surface area contributed by atoms with Crippen molar-refractivity contribution in [3.63, 3.8) is 0 Å². The molecule has 2 nitrogen and oxygen atoms in total. The fourth-order valence-corrected chi connectivity index (χ4v) is 3.66. The van der Waals surface area contributed by atoms with Gasteiger partial charge in [-0.2, -0.15) is 0 Å². The number of H-pyrrole nitrogens is 1. The summed E-state index contributed by atoms with van der Waals surface area (Å²) in [7, 11) is 0. The van der Waals surface area contributed by atoms with Gasteiger partial charge in [0, 0.05) is 23.6 Å². The van der Waals surface area contributed by atoms with E-state index in [0.29, 0.717) is 0 Å². The zero-order chi connectivity index (χ0) is 13.8. The molecule has 0 saturated heterocycles. The first kappa shape index (κ1) is 13.7. The summed E-state index contributed by atoms with van der Waals surface area (Å²) < 4.78 is 0. The van der Waals surface area contributed by atoms with Crippen LogP contribution < -0.4 is 5.32 Å². The average molecular weight is 270 g/mol. The minimum absolute atomic E-state index is 0.947. The quantitative estimate of drug-likeness (QED) is 0.771. The number of hydrogen-bond acceptors (Lipinski definition) is 1. The van der Waals surface area contributed by atoms with Gasteiger partial charge >= 0.3 is 0 Å². The van der Waals surface area contributed by atoms with Crippen molar-refractivity contribution in [3.05, 3.63) is 36.0 Å². The third-order valence-electron chi connectivity index (χ3n) is 4.78. The predicted molar refractivity (Wildman–Crippen MR) is 85.7 cm³/mol. The Hall–Kier alpha value is -1.28. The molecule has 2 heteroatoms. The van der Waals surface area contributed by atoms with E-state index in [2.05, 4.69) is 41.5 Å². The molecule has 2 aromatic rings. The Kier molecular flexibility index (Phi) is 4.41. The molecule has 3 rings (SSSR count). The van der Waals surface area contributed by atoms with Crippen LogP contribution in [-0.2, 0) is 6.54 Å². The van der Waals surface area contributed by atoms with E-state index in [1.807, 2.05) is 6.20 Å². The molecular weight excluding hydrogens is 244 g/mol. The molecule has 1 aromatic carbocycles. The van der Waals surface area contributed by atoms with Crippen LogP contribution in [0.4, 0.5) is 0 Å². The lowest BCUT2D eigenvalue weighted by Gasteiger charge is -2.26. The second-order valence-corrected chi connectivity index (χ2v) is 6.46. The smallest absolute Gasteiger partial charge is 0.0457 e. The van der Waals surface area contributed by atoms with E-state index in [9.17, 15) is 0 Å². The van der Waals surface area contributed by atoms with Crippen LogP contribution >= 0.6 is 0 Å². The zero-order valence-corrected chi connectivity index (χ0v) is 12.5. The molecule has 0 aliphatic heterocycles. The van der Waals surface area contributed by atoms with Crippen LogP contribution in [0.1, 0.15) is 44.6 Å². The van der Waals surface area contributed by atoms with E-state index in [0.717, 1.165) is 24.9 Å². The highest BCUT2D eigenvalue weighted by molar-refractivity contribution is 5.82. The van der Waals surface area contributed by atoms with E-state index in [1.165, 1.54) is 48.6 Å². The first-order chi connectivity index (χ1) is 9.83. The van der Waals surface area contributed by atoms with Gasteiger partial charge in [0.25, 0.3) is 0 Å². The fourth-order valence-electron chi connectivity index (χ4n) is 3.66. The van der Waals surface area contributed by atoms with Gasteiger partial charge in [0.2, 0.25) is 0 Å². The summed E-state index contributed by atoms with van der Waals surface area (Å²) in [4.78, 5) is 3.28. The summed E-state index contributed by atoms with van der Waals surface area (Å²) in [5.74, 6) is 1.90. The van der Waals surface area contributed by atoms with Crippen LogP contribution in [0.25, 0.3) is 10.9 Å². The van der Waals surface area contributed by atoms with Crippen molar-refractivity contribution in [2.45, 2.75) is 45.6 Å². The van der Waals surface area contributed by atoms with Crippen molar-refractivity contribution in [2.24, 2.45) is 11.8 Å². The molecule has 20 heavy (non-hydrogen) atoms. The molecule has 2 N–H and O–H groups in total. The summed E-state index contributed by atoms with van der Waals surface area (Å²) in [5.41, 5.74) is 2.64. The first-order valence-corrected chi connectivity index (χ1v) is 8.08. The van der Waals surface area contributed by atoms with Crippen LogP contribution in [0, 0.1) is 11.8 Å². The van der Waals surface area contributed by atoms with Crippen molar-refractivity contribution in [2.75, 3.05) is 6.54 Å². The summed E-state index contributed by atoms with van der Waals surface area (Å²) in [5, 5.41) is 4.98. The van der Waals surface area contributed by atoms with Gasteiger partial charge in [-0.1, -0.05) is 38.3 Å².